The third-order valence-corrected chi connectivity index (χ3v) is 9.38. The van der Waals surface area contributed by atoms with Crippen molar-refractivity contribution >= 4 is 5.91 Å². The minimum Gasteiger partial charge on any atom is -0.394 e. The number of aliphatic hydroxyl groups is 4. The van der Waals surface area contributed by atoms with Crippen molar-refractivity contribution in [3.8, 4) is 0 Å². The van der Waals surface area contributed by atoms with Gasteiger partial charge in [0.25, 0.3) is 0 Å². The highest BCUT2D eigenvalue weighted by Gasteiger charge is 2.28. The van der Waals surface area contributed by atoms with Gasteiger partial charge >= 0.3 is 0 Å². The Morgan fingerprint density at radius 2 is 0.872 bits per heavy atom. The lowest BCUT2D eigenvalue weighted by Crippen LogP contribution is -2.53. The largest absolute Gasteiger partial charge is 0.394 e. The predicted molar refractivity (Wildman–Crippen MR) is 201 cm³/mol. The Balaban J connectivity index is 3.76. The summed E-state index contributed by atoms with van der Waals surface area (Å²) in [5.41, 5.74) is 0. The van der Waals surface area contributed by atoms with Crippen molar-refractivity contribution in [1.82, 2.24) is 5.32 Å². The number of hydrogen-bond acceptors (Lipinski definition) is 5. The Bertz CT molecular complexity index is 712. The van der Waals surface area contributed by atoms with Crippen molar-refractivity contribution in [1.29, 1.82) is 0 Å². The quantitative estimate of drug-likeness (QED) is 0.0338. The molecule has 0 rings (SSSR count). The molecule has 0 saturated heterocycles. The molecule has 0 aliphatic heterocycles. The van der Waals surface area contributed by atoms with Gasteiger partial charge in [-0.1, -0.05) is 160 Å². The Labute approximate surface area is 291 Å². The molecule has 4 unspecified atom stereocenters. The van der Waals surface area contributed by atoms with Crippen LogP contribution >= 0.6 is 0 Å². The lowest BCUT2D eigenvalue weighted by atomic mass is 10.00. The van der Waals surface area contributed by atoms with Crippen LogP contribution in [0.1, 0.15) is 200 Å². The molecule has 5 N–H and O–H groups in total. The van der Waals surface area contributed by atoms with Crippen molar-refractivity contribution < 1.29 is 25.2 Å². The topological polar surface area (TPSA) is 110 Å². The second-order valence-corrected chi connectivity index (χ2v) is 14.0. The zero-order valence-electron chi connectivity index (χ0n) is 31.0. The molecule has 6 nitrogen and oxygen atoms in total. The van der Waals surface area contributed by atoms with Crippen molar-refractivity contribution in [3.63, 3.8) is 0 Å². The summed E-state index contributed by atoms with van der Waals surface area (Å²) in [4.78, 5) is 12.4. The Morgan fingerprint density at radius 1 is 0.511 bits per heavy atom. The van der Waals surface area contributed by atoms with E-state index in [2.05, 4.69) is 43.5 Å². The fourth-order valence-electron chi connectivity index (χ4n) is 6.10. The Hall–Kier alpha value is -1.21. The maximum Gasteiger partial charge on any atom is 0.249 e. The minimum absolute atomic E-state index is 0.357. The number of aliphatic hydroxyl groups excluding tert-OH is 4. The highest BCUT2D eigenvalue weighted by molar-refractivity contribution is 5.80. The molecule has 278 valence electrons. The fourth-order valence-corrected chi connectivity index (χ4v) is 6.10. The van der Waals surface area contributed by atoms with E-state index in [1.54, 1.807) is 0 Å². The molecule has 0 aliphatic rings. The standard InChI is InChI=1S/C41H79NO5/c1-3-5-7-9-11-13-15-16-17-18-19-20-21-22-23-24-25-27-29-31-33-35-39(45)41(47)42-37(36-43)40(46)38(44)34-32-30-28-26-14-12-10-8-6-4-2/h21-22,26,28,37-40,43-46H,3-20,23-25,27,29-36H2,1-2H3,(H,42,47)/b22-21-,28-26+. The first-order valence-corrected chi connectivity index (χ1v) is 20.2. The number of carbonyl (C=O) groups excluding carboxylic acids is 1. The molecular weight excluding hydrogens is 586 g/mol. The van der Waals surface area contributed by atoms with Crippen LogP contribution in [0.2, 0.25) is 0 Å². The van der Waals surface area contributed by atoms with E-state index in [-0.39, 0.29) is 0 Å². The molecule has 0 aromatic carbocycles. The van der Waals surface area contributed by atoms with Gasteiger partial charge in [-0.05, 0) is 64.2 Å². The molecular formula is C41H79NO5. The Kier molecular flexibility index (Phi) is 35.2. The Morgan fingerprint density at radius 3 is 1.28 bits per heavy atom. The van der Waals surface area contributed by atoms with Crippen LogP contribution in [0.4, 0.5) is 0 Å². The highest BCUT2D eigenvalue weighted by atomic mass is 16.3. The molecule has 47 heavy (non-hydrogen) atoms. The number of carbonyl (C=O) groups is 1. The molecule has 0 bridgehead atoms. The molecule has 6 heteroatoms. The zero-order valence-corrected chi connectivity index (χ0v) is 31.0. The summed E-state index contributed by atoms with van der Waals surface area (Å²) in [6.45, 7) is 4.00. The van der Waals surface area contributed by atoms with E-state index in [0.29, 0.717) is 12.8 Å². The average molecular weight is 666 g/mol. The summed E-state index contributed by atoms with van der Waals surface area (Å²) in [6.07, 6.45) is 39.3. The van der Waals surface area contributed by atoms with Gasteiger partial charge in [0.1, 0.15) is 12.2 Å². The SMILES string of the molecule is CCCCCCC/C=C/CCCC(O)C(O)C(CO)NC(=O)C(O)CCCCCCCC/C=C\CCCCCCCCCCCCC. The van der Waals surface area contributed by atoms with Crippen molar-refractivity contribution in [2.75, 3.05) is 6.61 Å². The van der Waals surface area contributed by atoms with Gasteiger partial charge in [-0.3, -0.25) is 4.79 Å². The van der Waals surface area contributed by atoms with Gasteiger partial charge in [0.2, 0.25) is 5.91 Å². The average Bonchev–Trinajstić information content (AvgIpc) is 3.07. The summed E-state index contributed by atoms with van der Waals surface area (Å²) in [5, 5.41) is 43.4. The molecule has 0 spiro atoms. The highest BCUT2D eigenvalue weighted by Crippen LogP contribution is 2.14. The first-order valence-electron chi connectivity index (χ1n) is 20.2. The summed E-state index contributed by atoms with van der Waals surface area (Å²) >= 11 is 0. The lowest BCUT2D eigenvalue weighted by molar-refractivity contribution is -0.132. The number of amides is 1. The van der Waals surface area contributed by atoms with E-state index in [1.165, 1.54) is 128 Å². The number of rotatable bonds is 36. The van der Waals surface area contributed by atoms with E-state index in [9.17, 15) is 25.2 Å². The van der Waals surface area contributed by atoms with E-state index >= 15 is 0 Å². The third-order valence-electron chi connectivity index (χ3n) is 9.38. The van der Waals surface area contributed by atoms with Crippen LogP contribution in [-0.2, 0) is 4.79 Å². The van der Waals surface area contributed by atoms with E-state index in [4.69, 9.17) is 0 Å². The maximum absolute atomic E-state index is 12.4. The first-order chi connectivity index (χ1) is 23.0. The summed E-state index contributed by atoms with van der Waals surface area (Å²) in [7, 11) is 0. The van der Waals surface area contributed by atoms with Crippen LogP contribution in [-0.4, -0.2) is 57.3 Å². The number of hydrogen-bond donors (Lipinski definition) is 5. The van der Waals surface area contributed by atoms with Gasteiger partial charge in [-0.2, -0.15) is 0 Å². The predicted octanol–water partition coefficient (Wildman–Crippen LogP) is 10.0. The van der Waals surface area contributed by atoms with Crippen molar-refractivity contribution in [3.05, 3.63) is 24.3 Å². The lowest BCUT2D eigenvalue weighted by Gasteiger charge is -2.27. The monoisotopic (exact) mass is 666 g/mol. The van der Waals surface area contributed by atoms with E-state index in [1.807, 2.05) is 0 Å². The van der Waals surface area contributed by atoms with Crippen molar-refractivity contribution in [2.24, 2.45) is 0 Å². The molecule has 0 aromatic heterocycles. The van der Waals surface area contributed by atoms with Gasteiger partial charge in [-0.25, -0.2) is 0 Å². The second-order valence-electron chi connectivity index (χ2n) is 14.0. The van der Waals surface area contributed by atoms with Crippen LogP contribution in [0.15, 0.2) is 24.3 Å². The van der Waals surface area contributed by atoms with Crippen LogP contribution in [0, 0.1) is 0 Å². The molecule has 0 fully saturated rings. The van der Waals surface area contributed by atoms with Crippen LogP contribution in [0.3, 0.4) is 0 Å². The van der Waals surface area contributed by atoms with Crippen LogP contribution in [0.5, 0.6) is 0 Å². The zero-order chi connectivity index (χ0) is 34.6. The van der Waals surface area contributed by atoms with E-state index < -0.39 is 36.9 Å². The van der Waals surface area contributed by atoms with Gasteiger partial charge in [0, 0.05) is 0 Å². The smallest absolute Gasteiger partial charge is 0.249 e. The van der Waals surface area contributed by atoms with Gasteiger partial charge < -0.3 is 25.7 Å². The summed E-state index contributed by atoms with van der Waals surface area (Å²) < 4.78 is 0. The van der Waals surface area contributed by atoms with Crippen LogP contribution in [0.25, 0.3) is 0 Å². The van der Waals surface area contributed by atoms with E-state index in [0.717, 1.165) is 44.9 Å². The minimum atomic E-state index is -1.28. The van der Waals surface area contributed by atoms with Gasteiger partial charge in [0.05, 0.1) is 18.8 Å². The third kappa shape index (κ3) is 30.6. The molecule has 0 saturated carbocycles. The maximum atomic E-state index is 12.4. The summed E-state index contributed by atoms with van der Waals surface area (Å²) in [5.74, 6) is -0.600. The number of nitrogens with one attached hydrogen (secondary N) is 1. The molecule has 0 heterocycles. The van der Waals surface area contributed by atoms with Gasteiger partial charge in [0.15, 0.2) is 0 Å². The molecule has 0 aliphatic carbocycles. The van der Waals surface area contributed by atoms with Crippen molar-refractivity contribution in [2.45, 2.75) is 224 Å². The second kappa shape index (κ2) is 36.1. The molecule has 0 aromatic rings. The number of unbranched alkanes of at least 4 members (excludes halogenated alkanes) is 23. The molecule has 4 atom stereocenters. The fraction of sp³-hybridized carbons (Fsp3) is 0.878. The molecule has 0 radical (unpaired) electrons. The number of allylic oxidation sites excluding steroid dienone is 4. The van der Waals surface area contributed by atoms with Crippen LogP contribution < -0.4 is 5.32 Å². The van der Waals surface area contributed by atoms with Gasteiger partial charge in [-0.15, -0.1) is 0 Å². The normalized spacial score (nSPS) is 14.6. The first kappa shape index (κ1) is 45.8. The summed E-state index contributed by atoms with van der Waals surface area (Å²) in [6, 6.07) is -1.00. The molecule has 1 amide bonds.